The highest BCUT2D eigenvalue weighted by Crippen LogP contribution is 2.27. The molecule has 2 aromatic heterocycles. The molecule has 9 heteroatoms. The predicted molar refractivity (Wildman–Crippen MR) is 121 cm³/mol. The van der Waals surface area contributed by atoms with Crippen LogP contribution in [0.25, 0.3) is 11.4 Å². The first kappa shape index (κ1) is 21.4. The number of nitrogens with zero attached hydrogens (tertiary/aromatic N) is 5. The molecular formula is C23H24N6O3. The van der Waals surface area contributed by atoms with E-state index in [1.54, 1.807) is 18.2 Å². The number of aromatic nitrogens is 3. The minimum absolute atomic E-state index is 0.00591. The number of pyridine rings is 1. The van der Waals surface area contributed by atoms with Crippen molar-refractivity contribution in [3.63, 3.8) is 0 Å². The summed E-state index contributed by atoms with van der Waals surface area (Å²) in [7, 11) is 0. The molecule has 1 saturated heterocycles. The standard InChI is InChI=1S/C23H24N6O3/c1-15-6-3-10-20(24-15)26-23(30)18-8-5-11-28(14-18)21-12-16(2)25-22(27-21)17-7-4-9-19(13-17)29(31)32/h3-4,6-7,9-10,12-13,18H,5,8,11,14H2,1-2H3,(H,24,26,30). The van der Waals surface area contributed by atoms with Gasteiger partial charge < -0.3 is 10.2 Å². The lowest BCUT2D eigenvalue weighted by atomic mass is 9.97. The van der Waals surface area contributed by atoms with Gasteiger partial charge >= 0.3 is 0 Å². The van der Waals surface area contributed by atoms with Gasteiger partial charge in [-0.3, -0.25) is 14.9 Å². The number of carbonyl (C=O) groups is 1. The van der Waals surface area contributed by atoms with E-state index in [-0.39, 0.29) is 17.5 Å². The topological polar surface area (TPSA) is 114 Å². The Labute approximate surface area is 185 Å². The number of aryl methyl sites for hydroxylation is 2. The molecule has 1 aliphatic heterocycles. The molecule has 1 amide bonds. The number of piperidine rings is 1. The van der Waals surface area contributed by atoms with E-state index in [2.05, 4.69) is 25.2 Å². The Kier molecular flexibility index (Phi) is 6.07. The Morgan fingerprint density at radius 3 is 2.69 bits per heavy atom. The molecule has 0 aliphatic carbocycles. The van der Waals surface area contributed by atoms with Gasteiger partial charge in [-0.05, 0) is 38.8 Å². The molecule has 3 heterocycles. The SMILES string of the molecule is Cc1cccc(NC(=O)C2CCCN(c3cc(C)nc(-c4cccc([N+](=O)[O-])c4)n3)C2)n1. The van der Waals surface area contributed by atoms with E-state index in [0.29, 0.717) is 29.6 Å². The van der Waals surface area contributed by atoms with Crippen LogP contribution in [-0.2, 0) is 4.79 Å². The second-order valence-electron chi connectivity index (χ2n) is 7.94. The highest BCUT2D eigenvalue weighted by atomic mass is 16.6. The molecular weight excluding hydrogens is 408 g/mol. The van der Waals surface area contributed by atoms with Crippen LogP contribution in [0.5, 0.6) is 0 Å². The largest absolute Gasteiger partial charge is 0.356 e. The molecule has 0 radical (unpaired) electrons. The zero-order chi connectivity index (χ0) is 22.7. The van der Waals surface area contributed by atoms with Crippen LogP contribution in [0.4, 0.5) is 17.3 Å². The Bertz CT molecular complexity index is 1170. The fourth-order valence-corrected chi connectivity index (χ4v) is 3.84. The molecule has 1 unspecified atom stereocenters. The third kappa shape index (κ3) is 4.88. The van der Waals surface area contributed by atoms with E-state index in [1.807, 2.05) is 32.0 Å². The molecule has 9 nitrogen and oxygen atoms in total. The van der Waals surface area contributed by atoms with Crippen molar-refractivity contribution in [1.82, 2.24) is 15.0 Å². The minimum Gasteiger partial charge on any atom is -0.356 e. The second kappa shape index (κ2) is 9.09. The number of carbonyl (C=O) groups excluding carboxylic acids is 1. The molecule has 0 spiro atoms. The fourth-order valence-electron chi connectivity index (χ4n) is 3.84. The average molecular weight is 432 g/mol. The number of non-ortho nitro benzene ring substituents is 1. The van der Waals surface area contributed by atoms with Gasteiger partial charge in [-0.1, -0.05) is 18.2 Å². The van der Waals surface area contributed by atoms with Crippen molar-refractivity contribution < 1.29 is 9.72 Å². The minimum atomic E-state index is -0.433. The molecule has 0 saturated carbocycles. The molecule has 32 heavy (non-hydrogen) atoms. The number of nitro groups is 1. The van der Waals surface area contributed by atoms with Crippen LogP contribution in [-0.4, -0.2) is 38.9 Å². The quantitative estimate of drug-likeness (QED) is 0.480. The summed E-state index contributed by atoms with van der Waals surface area (Å²) in [5.41, 5.74) is 2.18. The van der Waals surface area contributed by atoms with E-state index < -0.39 is 4.92 Å². The van der Waals surface area contributed by atoms with Gasteiger partial charge in [-0.15, -0.1) is 0 Å². The van der Waals surface area contributed by atoms with E-state index in [9.17, 15) is 14.9 Å². The monoisotopic (exact) mass is 432 g/mol. The maximum absolute atomic E-state index is 12.8. The van der Waals surface area contributed by atoms with Gasteiger partial charge in [0.05, 0.1) is 10.8 Å². The summed E-state index contributed by atoms with van der Waals surface area (Å²) in [6, 6.07) is 13.7. The molecule has 0 bridgehead atoms. The van der Waals surface area contributed by atoms with Gasteiger partial charge in [0.25, 0.3) is 5.69 Å². The summed E-state index contributed by atoms with van der Waals surface area (Å²) in [5, 5.41) is 14.0. The van der Waals surface area contributed by atoms with Crippen molar-refractivity contribution in [2.24, 2.45) is 5.92 Å². The first-order valence-corrected chi connectivity index (χ1v) is 10.5. The smallest absolute Gasteiger partial charge is 0.270 e. The number of rotatable bonds is 5. The third-order valence-corrected chi connectivity index (χ3v) is 5.41. The molecule has 3 aromatic rings. The Morgan fingerprint density at radius 2 is 1.91 bits per heavy atom. The van der Waals surface area contributed by atoms with Crippen LogP contribution >= 0.6 is 0 Å². The zero-order valence-electron chi connectivity index (χ0n) is 18.0. The average Bonchev–Trinajstić information content (AvgIpc) is 2.79. The Hall–Kier alpha value is -3.88. The molecule has 1 fully saturated rings. The molecule has 1 N–H and O–H groups in total. The number of benzene rings is 1. The van der Waals surface area contributed by atoms with Crippen molar-refractivity contribution in [2.75, 3.05) is 23.3 Å². The lowest BCUT2D eigenvalue weighted by Gasteiger charge is -2.33. The summed E-state index contributed by atoms with van der Waals surface area (Å²) in [6.07, 6.45) is 1.64. The van der Waals surface area contributed by atoms with E-state index in [4.69, 9.17) is 0 Å². The van der Waals surface area contributed by atoms with Crippen molar-refractivity contribution in [3.8, 4) is 11.4 Å². The number of amides is 1. The maximum Gasteiger partial charge on any atom is 0.270 e. The van der Waals surface area contributed by atoms with Crippen LogP contribution < -0.4 is 10.2 Å². The number of hydrogen-bond acceptors (Lipinski definition) is 7. The van der Waals surface area contributed by atoms with Gasteiger partial charge in [-0.25, -0.2) is 15.0 Å². The molecule has 1 aliphatic rings. The van der Waals surface area contributed by atoms with Gasteiger partial charge in [0.15, 0.2) is 5.82 Å². The lowest BCUT2D eigenvalue weighted by Crippen LogP contribution is -2.41. The van der Waals surface area contributed by atoms with Crippen LogP contribution in [0.3, 0.4) is 0 Å². The van der Waals surface area contributed by atoms with Crippen molar-refractivity contribution >= 4 is 23.2 Å². The number of anilines is 2. The van der Waals surface area contributed by atoms with Crippen LogP contribution in [0, 0.1) is 29.9 Å². The van der Waals surface area contributed by atoms with Crippen LogP contribution in [0.1, 0.15) is 24.2 Å². The first-order chi connectivity index (χ1) is 15.4. The van der Waals surface area contributed by atoms with Crippen molar-refractivity contribution in [3.05, 3.63) is 70.0 Å². The fraction of sp³-hybridized carbons (Fsp3) is 0.304. The lowest BCUT2D eigenvalue weighted by molar-refractivity contribution is -0.384. The van der Waals surface area contributed by atoms with Gasteiger partial charge in [0, 0.05) is 48.2 Å². The molecule has 4 rings (SSSR count). The molecule has 1 atom stereocenters. The number of nitro benzene ring substituents is 1. The summed E-state index contributed by atoms with van der Waals surface area (Å²) >= 11 is 0. The Balaban J connectivity index is 1.54. The zero-order valence-corrected chi connectivity index (χ0v) is 18.0. The normalized spacial score (nSPS) is 15.9. The van der Waals surface area contributed by atoms with E-state index in [0.717, 1.165) is 30.8 Å². The van der Waals surface area contributed by atoms with E-state index in [1.165, 1.54) is 12.1 Å². The predicted octanol–water partition coefficient (Wildman–Crippen LogP) is 3.92. The van der Waals surface area contributed by atoms with E-state index >= 15 is 0 Å². The van der Waals surface area contributed by atoms with Crippen LogP contribution in [0.15, 0.2) is 48.5 Å². The number of hydrogen-bond donors (Lipinski definition) is 1. The first-order valence-electron chi connectivity index (χ1n) is 10.5. The summed E-state index contributed by atoms with van der Waals surface area (Å²) in [6.45, 7) is 5.05. The van der Waals surface area contributed by atoms with Gasteiger partial charge in [0.2, 0.25) is 5.91 Å². The van der Waals surface area contributed by atoms with Gasteiger partial charge in [-0.2, -0.15) is 0 Å². The molecule has 164 valence electrons. The number of nitrogens with one attached hydrogen (secondary N) is 1. The maximum atomic E-state index is 12.8. The molecule has 1 aromatic carbocycles. The van der Waals surface area contributed by atoms with Gasteiger partial charge in [0.1, 0.15) is 11.6 Å². The summed E-state index contributed by atoms with van der Waals surface area (Å²) < 4.78 is 0. The second-order valence-corrected chi connectivity index (χ2v) is 7.94. The van der Waals surface area contributed by atoms with Crippen LogP contribution in [0.2, 0.25) is 0 Å². The highest BCUT2D eigenvalue weighted by Gasteiger charge is 2.27. The third-order valence-electron chi connectivity index (χ3n) is 5.41. The summed E-state index contributed by atoms with van der Waals surface area (Å²) in [5.74, 6) is 1.45. The highest BCUT2D eigenvalue weighted by molar-refractivity contribution is 5.92. The van der Waals surface area contributed by atoms with Crippen molar-refractivity contribution in [2.45, 2.75) is 26.7 Å². The van der Waals surface area contributed by atoms with Crippen molar-refractivity contribution in [1.29, 1.82) is 0 Å². The Morgan fingerprint density at radius 1 is 1.09 bits per heavy atom. The summed E-state index contributed by atoms with van der Waals surface area (Å²) in [4.78, 5) is 39.1.